The molecule has 0 aliphatic carbocycles. The first kappa shape index (κ1) is 12.4. The van der Waals surface area contributed by atoms with Gasteiger partial charge in [-0.3, -0.25) is 4.79 Å². The average molecular weight is 221 g/mol. The molecular formula is C13H16FNO. The zero-order chi connectivity index (χ0) is 12.2. The van der Waals surface area contributed by atoms with Gasteiger partial charge in [0.05, 0.1) is 5.41 Å². The maximum atomic E-state index is 13.2. The van der Waals surface area contributed by atoms with Crippen molar-refractivity contribution in [3.63, 3.8) is 0 Å². The standard InChI is InChI=1S/C13H16FNO/c1-4-13(2,3)12(16)15-9-10-7-5-6-8-11(10)14/h4-8H,1,9H2,2-3H3,(H,15,16). The number of carbonyl (C=O) groups excluding carboxylic acids is 1. The van der Waals surface area contributed by atoms with Gasteiger partial charge in [-0.15, -0.1) is 6.58 Å². The van der Waals surface area contributed by atoms with E-state index in [2.05, 4.69) is 11.9 Å². The molecule has 0 saturated heterocycles. The Morgan fingerprint density at radius 2 is 2.12 bits per heavy atom. The summed E-state index contributed by atoms with van der Waals surface area (Å²) in [6.45, 7) is 7.31. The monoisotopic (exact) mass is 221 g/mol. The highest BCUT2D eigenvalue weighted by atomic mass is 19.1. The van der Waals surface area contributed by atoms with Crippen molar-refractivity contribution in [2.24, 2.45) is 5.41 Å². The zero-order valence-electron chi connectivity index (χ0n) is 9.59. The van der Waals surface area contributed by atoms with Gasteiger partial charge < -0.3 is 5.32 Å². The molecule has 0 heterocycles. The summed E-state index contributed by atoms with van der Waals surface area (Å²) in [5.41, 5.74) is -0.152. The Labute approximate surface area is 95.2 Å². The van der Waals surface area contributed by atoms with Crippen LogP contribution in [0.4, 0.5) is 4.39 Å². The molecule has 0 atom stereocenters. The van der Waals surface area contributed by atoms with E-state index in [9.17, 15) is 9.18 Å². The lowest BCUT2D eigenvalue weighted by Gasteiger charge is -2.18. The van der Waals surface area contributed by atoms with Crippen molar-refractivity contribution in [1.29, 1.82) is 0 Å². The van der Waals surface area contributed by atoms with E-state index in [-0.39, 0.29) is 18.3 Å². The van der Waals surface area contributed by atoms with Crippen LogP contribution in [-0.2, 0) is 11.3 Å². The second-order valence-corrected chi connectivity index (χ2v) is 4.20. The largest absolute Gasteiger partial charge is 0.351 e. The van der Waals surface area contributed by atoms with Gasteiger partial charge in [-0.1, -0.05) is 24.3 Å². The molecule has 0 bridgehead atoms. The summed E-state index contributed by atoms with van der Waals surface area (Å²) in [6, 6.07) is 6.38. The smallest absolute Gasteiger partial charge is 0.229 e. The first-order chi connectivity index (χ1) is 7.47. The summed E-state index contributed by atoms with van der Waals surface area (Å²) in [6.07, 6.45) is 1.57. The molecule has 0 fully saturated rings. The van der Waals surface area contributed by atoms with E-state index >= 15 is 0 Å². The van der Waals surface area contributed by atoms with Gasteiger partial charge in [0, 0.05) is 12.1 Å². The Kier molecular flexibility index (Phi) is 3.82. The molecule has 0 saturated carbocycles. The molecule has 86 valence electrons. The highest BCUT2D eigenvalue weighted by Gasteiger charge is 2.23. The Bertz CT molecular complexity index is 399. The summed E-state index contributed by atoms with van der Waals surface area (Å²) in [7, 11) is 0. The minimum Gasteiger partial charge on any atom is -0.351 e. The van der Waals surface area contributed by atoms with Crippen LogP contribution in [0.2, 0.25) is 0 Å². The second-order valence-electron chi connectivity index (χ2n) is 4.20. The van der Waals surface area contributed by atoms with Crippen molar-refractivity contribution in [3.8, 4) is 0 Å². The molecule has 1 aromatic rings. The van der Waals surface area contributed by atoms with Gasteiger partial charge in [0.1, 0.15) is 5.82 Å². The lowest BCUT2D eigenvalue weighted by Crippen LogP contribution is -2.35. The highest BCUT2D eigenvalue weighted by molar-refractivity contribution is 5.83. The molecule has 0 aliphatic heterocycles. The van der Waals surface area contributed by atoms with Gasteiger partial charge in [0.25, 0.3) is 0 Å². The maximum absolute atomic E-state index is 13.2. The van der Waals surface area contributed by atoms with Crippen molar-refractivity contribution in [1.82, 2.24) is 5.32 Å². The second kappa shape index (κ2) is 4.92. The molecule has 0 aromatic heterocycles. The van der Waals surface area contributed by atoms with Crippen LogP contribution in [0.3, 0.4) is 0 Å². The molecule has 0 radical (unpaired) electrons. The molecule has 2 nitrogen and oxygen atoms in total. The highest BCUT2D eigenvalue weighted by Crippen LogP contribution is 2.16. The third-order valence-corrected chi connectivity index (χ3v) is 2.49. The van der Waals surface area contributed by atoms with Crippen LogP contribution in [-0.4, -0.2) is 5.91 Å². The SMILES string of the molecule is C=CC(C)(C)C(=O)NCc1ccccc1F. The van der Waals surface area contributed by atoms with Gasteiger partial charge in [0.2, 0.25) is 5.91 Å². The lowest BCUT2D eigenvalue weighted by atomic mass is 9.93. The normalized spacial score (nSPS) is 10.9. The predicted molar refractivity (Wildman–Crippen MR) is 62.2 cm³/mol. The van der Waals surface area contributed by atoms with Crippen LogP contribution in [0.1, 0.15) is 19.4 Å². The maximum Gasteiger partial charge on any atom is 0.229 e. The fourth-order valence-electron chi connectivity index (χ4n) is 1.14. The first-order valence-electron chi connectivity index (χ1n) is 5.12. The molecule has 16 heavy (non-hydrogen) atoms. The summed E-state index contributed by atoms with van der Waals surface area (Å²) in [5, 5.41) is 2.68. The molecule has 1 N–H and O–H groups in total. The van der Waals surface area contributed by atoms with Crippen molar-refractivity contribution >= 4 is 5.91 Å². The number of rotatable bonds is 4. The van der Waals surface area contributed by atoms with E-state index in [1.807, 2.05) is 0 Å². The molecule has 1 aromatic carbocycles. The number of nitrogens with one attached hydrogen (secondary N) is 1. The fourth-order valence-corrected chi connectivity index (χ4v) is 1.14. The van der Waals surface area contributed by atoms with Crippen LogP contribution >= 0.6 is 0 Å². The van der Waals surface area contributed by atoms with Crippen LogP contribution in [0.25, 0.3) is 0 Å². The number of carbonyl (C=O) groups is 1. The summed E-state index contributed by atoms with van der Waals surface area (Å²) in [4.78, 5) is 11.7. The molecular weight excluding hydrogens is 205 g/mol. The average Bonchev–Trinajstić information content (AvgIpc) is 2.27. The predicted octanol–water partition coefficient (Wildman–Crippen LogP) is 2.65. The molecule has 1 amide bonds. The molecule has 0 aliphatic rings. The van der Waals surface area contributed by atoms with Crippen molar-refractivity contribution in [3.05, 3.63) is 48.3 Å². The molecule has 0 unspecified atom stereocenters. The number of hydrogen-bond donors (Lipinski definition) is 1. The van der Waals surface area contributed by atoms with Crippen LogP contribution in [0.5, 0.6) is 0 Å². The zero-order valence-corrected chi connectivity index (χ0v) is 9.59. The van der Waals surface area contributed by atoms with Gasteiger partial charge in [-0.05, 0) is 19.9 Å². The third kappa shape index (κ3) is 2.92. The Hall–Kier alpha value is -1.64. The lowest BCUT2D eigenvalue weighted by molar-refractivity contribution is -0.127. The van der Waals surface area contributed by atoms with Crippen molar-refractivity contribution < 1.29 is 9.18 Å². The Balaban J connectivity index is 2.63. The molecule has 1 rings (SSSR count). The number of hydrogen-bond acceptors (Lipinski definition) is 1. The van der Waals surface area contributed by atoms with E-state index in [1.54, 1.807) is 38.1 Å². The summed E-state index contributed by atoms with van der Waals surface area (Å²) in [5.74, 6) is -0.468. The van der Waals surface area contributed by atoms with Gasteiger partial charge in [0.15, 0.2) is 0 Å². The minimum absolute atomic E-state index is 0.161. The van der Waals surface area contributed by atoms with Gasteiger partial charge >= 0.3 is 0 Å². The van der Waals surface area contributed by atoms with E-state index in [1.165, 1.54) is 6.07 Å². The van der Waals surface area contributed by atoms with Gasteiger partial charge in [-0.25, -0.2) is 4.39 Å². The van der Waals surface area contributed by atoms with Crippen LogP contribution in [0.15, 0.2) is 36.9 Å². The third-order valence-electron chi connectivity index (χ3n) is 2.49. The number of benzene rings is 1. The Morgan fingerprint density at radius 3 is 2.69 bits per heavy atom. The number of amides is 1. The quantitative estimate of drug-likeness (QED) is 0.778. The molecule has 3 heteroatoms. The topological polar surface area (TPSA) is 29.1 Å². The van der Waals surface area contributed by atoms with Crippen LogP contribution < -0.4 is 5.32 Å². The summed E-state index contributed by atoms with van der Waals surface area (Å²) >= 11 is 0. The first-order valence-corrected chi connectivity index (χ1v) is 5.12. The summed E-state index contributed by atoms with van der Waals surface area (Å²) < 4.78 is 13.2. The fraction of sp³-hybridized carbons (Fsp3) is 0.308. The minimum atomic E-state index is -0.634. The van der Waals surface area contributed by atoms with Crippen molar-refractivity contribution in [2.75, 3.05) is 0 Å². The van der Waals surface area contributed by atoms with E-state index in [0.29, 0.717) is 5.56 Å². The van der Waals surface area contributed by atoms with Crippen molar-refractivity contribution in [2.45, 2.75) is 20.4 Å². The van der Waals surface area contributed by atoms with E-state index in [4.69, 9.17) is 0 Å². The van der Waals surface area contributed by atoms with E-state index < -0.39 is 5.41 Å². The van der Waals surface area contributed by atoms with Crippen LogP contribution in [0, 0.1) is 11.2 Å². The van der Waals surface area contributed by atoms with E-state index in [0.717, 1.165) is 0 Å². The molecule has 0 spiro atoms. The Morgan fingerprint density at radius 1 is 1.50 bits per heavy atom. The van der Waals surface area contributed by atoms with Gasteiger partial charge in [-0.2, -0.15) is 0 Å². The number of halogens is 1.